The van der Waals surface area contributed by atoms with Crippen molar-refractivity contribution < 1.29 is 4.79 Å². The van der Waals surface area contributed by atoms with Gasteiger partial charge in [0.05, 0.1) is 5.69 Å². The first-order valence-corrected chi connectivity index (χ1v) is 5.82. The van der Waals surface area contributed by atoms with Gasteiger partial charge in [-0.15, -0.1) is 11.3 Å². The van der Waals surface area contributed by atoms with Crippen molar-refractivity contribution in [1.29, 1.82) is 0 Å². The minimum atomic E-state index is 0.685. The highest BCUT2D eigenvalue weighted by atomic mass is 32.1. The molecule has 0 unspecified atom stereocenters. The smallest absolute Gasteiger partial charge is 0.145 e. The van der Waals surface area contributed by atoms with E-state index in [1.54, 1.807) is 24.3 Å². The Labute approximate surface area is 98.3 Å². The number of aromatic nitrogens is 1. The Balaban J connectivity index is 2.30. The predicted octanol–water partition coefficient (Wildman–Crippen LogP) is 3.41. The van der Waals surface area contributed by atoms with Crippen molar-refractivity contribution in [1.82, 2.24) is 4.98 Å². The van der Waals surface area contributed by atoms with Crippen LogP contribution in [0.2, 0.25) is 0 Å². The number of hydrogen-bond acceptors (Lipinski definition) is 3. The SMILES string of the molecule is C/C(C=O)=C\c1csc(-c2ccccc2)n1. The maximum absolute atomic E-state index is 10.5. The Bertz CT molecular complexity index is 514. The molecule has 1 aromatic carbocycles. The van der Waals surface area contributed by atoms with Gasteiger partial charge in [0.25, 0.3) is 0 Å². The van der Waals surface area contributed by atoms with Crippen LogP contribution in [0, 0.1) is 0 Å². The van der Waals surface area contributed by atoms with E-state index < -0.39 is 0 Å². The molecule has 0 amide bonds. The Morgan fingerprint density at radius 3 is 2.75 bits per heavy atom. The number of carbonyl (C=O) groups is 1. The minimum Gasteiger partial charge on any atom is -0.298 e. The first-order valence-electron chi connectivity index (χ1n) is 4.94. The molecule has 2 aromatic rings. The fourth-order valence-electron chi connectivity index (χ4n) is 1.33. The largest absolute Gasteiger partial charge is 0.298 e. The molecule has 0 bridgehead atoms. The summed E-state index contributed by atoms with van der Waals surface area (Å²) >= 11 is 1.58. The molecule has 2 rings (SSSR count). The van der Waals surface area contributed by atoms with Crippen LogP contribution in [-0.4, -0.2) is 11.3 Å². The summed E-state index contributed by atoms with van der Waals surface area (Å²) < 4.78 is 0. The van der Waals surface area contributed by atoms with Crippen LogP contribution in [0.25, 0.3) is 16.6 Å². The maximum atomic E-state index is 10.5. The second-order valence-electron chi connectivity index (χ2n) is 3.45. The van der Waals surface area contributed by atoms with E-state index in [9.17, 15) is 4.79 Å². The van der Waals surface area contributed by atoms with Crippen LogP contribution in [0.4, 0.5) is 0 Å². The van der Waals surface area contributed by atoms with Gasteiger partial charge in [-0.25, -0.2) is 4.98 Å². The Morgan fingerprint density at radius 1 is 1.31 bits per heavy atom. The lowest BCUT2D eigenvalue weighted by molar-refractivity contribution is -0.104. The summed E-state index contributed by atoms with van der Waals surface area (Å²) in [4.78, 5) is 14.9. The molecule has 1 heterocycles. The van der Waals surface area contributed by atoms with Crippen molar-refractivity contribution >= 4 is 23.7 Å². The molecule has 0 radical (unpaired) electrons. The van der Waals surface area contributed by atoms with Gasteiger partial charge in [-0.2, -0.15) is 0 Å². The van der Waals surface area contributed by atoms with E-state index in [4.69, 9.17) is 0 Å². The van der Waals surface area contributed by atoms with Crippen LogP contribution in [0.15, 0.2) is 41.3 Å². The van der Waals surface area contributed by atoms with Gasteiger partial charge in [0.1, 0.15) is 11.3 Å². The topological polar surface area (TPSA) is 30.0 Å². The molecule has 0 aliphatic carbocycles. The molecular formula is C13H11NOS. The third-order valence-electron chi connectivity index (χ3n) is 2.10. The van der Waals surface area contributed by atoms with Gasteiger partial charge < -0.3 is 0 Å². The molecule has 16 heavy (non-hydrogen) atoms. The quantitative estimate of drug-likeness (QED) is 0.596. The standard InChI is InChI=1S/C13H11NOS/c1-10(8-15)7-12-9-16-13(14-12)11-5-3-2-4-6-11/h2-9H,1H3/b10-7+. The number of benzene rings is 1. The zero-order chi connectivity index (χ0) is 11.4. The van der Waals surface area contributed by atoms with Gasteiger partial charge in [0.15, 0.2) is 0 Å². The van der Waals surface area contributed by atoms with Crippen LogP contribution in [-0.2, 0) is 4.79 Å². The van der Waals surface area contributed by atoms with E-state index in [-0.39, 0.29) is 0 Å². The zero-order valence-corrected chi connectivity index (χ0v) is 9.70. The van der Waals surface area contributed by atoms with Gasteiger partial charge in [-0.05, 0) is 18.6 Å². The number of carbonyl (C=O) groups excluding carboxylic acids is 1. The van der Waals surface area contributed by atoms with E-state index in [1.807, 2.05) is 35.7 Å². The third kappa shape index (κ3) is 2.44. The van der Waals surface area contributed by atoms with Crippen molar-refractivity contribution in [2.24, 2.45) is 0 Å². The molecule has 0 saturated carbocycles. The van der Waals surface area contributed by atoms with E-state index in [1.165, 1.54) is 0 Å². The first-order chi connectivity index (χ1) is 7.79. The normalized spacial score (nSPS) is 11.4. The molecule has 0 spiro atoms. The van der Waals surface area contributed by atoms with E-state index in [2.05, 4.69) is 4.98 Å². The molecule has 3 heteroatoms. The van der Waals surface area contributed by atoms with Crippen LogP contribution in [0.3, 0.4) is 0 Å². The Kier molecular flexibility index (Phi) is 3.27. The van der Waals surface area contributed by atoms with Crippen LogP contribution in [0.1, 0.15) is 12.6 Å². The summed E-state index contributed by atoms with van der Waals surface area (Å²) in [5.41, 5.74) is 2.63. The summed E-state index contributed by atoms with van der Waals surface area (Å²) in [5.74, 6) is 0. The van der Waals surface area contributed by atoms with Gasteiger partial charge in [0.2, 0.25) is 0 Å². The van der Waals surface area contributed by atoms with E-state index in [0.717, 1.165) is 22.6 Å². The molecular weight excluding hydrogens is 218 g/mol. The van der Waals surface area contributed by atoms with Crippen molar-refractivity contribution in [2.75, 3.05) is 0 Å². The summed E-state index contributed by atoms with van der Waals surface area (Å²) in [5, 5.41) is 2.93. The summed E-state index contributed by atoms with van der Waals surface area (Å²) in [7, 11) is 0. The Hall–Kier alpha value is -1.74. The van der Waals surface area contributed by atoms with Gasteiger partial charge in [-0.1, -0.05) is 30.3 Å². The van der Waals surface area contributed by atoms with Gasteiger partial charge >= 0.3 is 0 Å². The van der Waals surface area contributed by atoms with Gasteiger partial charge in [0, 0.05) is 10.9 Å². The van der Waals surface area contributed by atoms with Crippen molar-refractivity contribution in [3.05, 3.63) is 47.0 Å². The third-order valence-corrected chi connectivity index (χ3v) is 3.01. The molecule has 0 N–H and O–H groups in total. The molecule has 0 aliphatic rings. The average molecular weight is 229 g/mol. The lowest BCUT2D eigenvalue weighted by Crippen LogP contribution is -1.79. The fourth-order valence-corrected chi connectivity index (χ4v) is 2.12. The number of allylic oxidation sites excluding steroid dienone is 1. The number of nitrogens with zero attached hydrogens (tertiary/aromatic N) is 1. The molecule has 0 saturated heterocycles. The molecule has 1 aromatic heterocycles. The minimum absolute atomic E-state index is 0.685. The summed E-state index contributed by atoms with van der Waals surface area (Å²) in [6.07, 6.45) is 2.62. The van der Waals surface area contributed by atoms with E-state index in [0.29, 0.717) is 5.57 Å². The van der Waals surface area contributed by atoms with Crippen LogP contribution < -0.4 is 0 Å². The maximum Gasteiger partial charge on any atom is 0.145 e. The zero-order valence-electron chi connectivity index (χ0n) is 8.88. The lowest BCUT2D eigenvalue weighted by atomic mass is 10.2. The van der Waals surface area contributed by atoms with Gasteiger partial charge in [-0.3, -0.25) is 4.79 Å². The van der Waals surface area contributed by atoms with Crippen molar-refractivity contribution in [2.45, 2.75) is 6.92 Å². The fraction of sp³-hybridized carbons (Fsp3) is 0.0769. The summed E-state index contributed by atoms with van der Waals surface area (Å²) in [6.45, 7) is 1.77. The first kappa shape index (κ1) is 10.8. The van der Waals surface area contributed by atoms with E-state index >= 15 is 0 Å². The van der Waals surface area contributed by atoms with Crippen molar-refractivity contribution in [3.63, 3.8) is 0 Å². The molecule has 0 fully saturated rings. The predicted molar refractivity (Wildman–Crippen MR) is 67.3 cm³/mol. The second kappa shape index (κ2) is 4.86. The average Bonchev–Trinajstić information content (AvgIpc) is 2.78. The number of aldehydes is 1. The van der Waals surface area contributed by atoms with Crippen LogP contribution in [0.5, 0.6) is 0 Å². The lowest BCUT2D eigenvalue weighted by Gasteiger charge is -1.93. The highest BCUT2D eigenvalue weighted by Gasteiger charge is 2.02. The molecule has 0 aliphatic heterocycles. The summed E-state index contributed by atoms with van der Waals surface area (Å²) in [6, 6.07) is 10.0. The highest BCUT2D eigenvalue weighted by molar-refractivity contribution is 7.13. The molecule has 2 nitrogen and oxygen atoms in total. The monoisotopic (exact) mass is 229 g/mol. The van der Waals surface area contributed by atoms with Crippen LogP contribution >= 0.6 is 11.3 Å². The molecule has 80 valence electrons. The number of rotatable bonds is 3. The van der Waals surface area contributed by atoms with Crippen molar-refractivity contribution in [3.8, 4) is 10.6 Å². The molecule has 0 atom stereocenters. The Morgan fingerprint density at radius 2 is 2.06 bits per heavy atom. The number of thiazole rings is 1. The highest BCUT2D eigenvalue weighted by Crippen LogP contribution is 2.23. The number of hydrogen-bond donors (Lipinski definition) is 0. The second-order valence-corrected chi connectivity index (χ2v) is 4.31.